The van der Waals surface area contributed by atoms with Gasteiger partial charge in [0.2, 0.25) is 0 Å². The van der Waals surface area contributed by atoms with Crippen LogP contribution >= 0.6 is 12.2 Å². The number of benzene rings is 3. The minimum Gasteiger partial charge on any atom is -0.367 e. The zero-order chi connectivity index (χ0) is 26.2. The number of fused-ring (bicyclic) bond motifs is 1. The average Bonchev–Trinajstić information content (AvgIpc) is 2.87. The van der Waals surface area contributed by atoms with Gasteiger partial charge >= 0.3 is 6.18 Å². The summed E-state index contributed by atoms with van der Waals surface area (Å²) in [5.41, 5.74) is 2.86. The van der Waals surface area contributed by atoms with Crippen molar-refractivity contribution < 1.29 is 22.8 Å². The minimum absolute atomic E-state index is 0.0716. The quantitative estimate of drug-likeness (QED) is 0.280. The number of amides is 2. The number of anilines is 2. The highest BCUT2D eigenvalue weighted by Crippen LogP contribution is 2.33. The van der Waals surface area contributed by atoms with Crippen LogP contribution in [0.25, 0.3) is 6.08 Å². The molecule has 0 bridgehead atoms. The highest BCUT2D eigenvalue weighted by molar-refractivity contribution is 7.80. The number of rotatable bonds is 4. The minimum atomic E-state index is -4.59. The third kappa shape index (κ3) is 5.13. The van der Waals surface area contributed by atoms with Crippen LogP contribution in [0, 0.1) is 0 Å². The van der Waals surface area contributed by atoms with E-state index < -0.39 is 23.6 Å². The summed E-state index contributed by atoms with van der Waals surface area (Å²) >= 11 is 5.12. The third-order valence-corrected chi connectivity index (χ3v) is 6.66. The molecule has 0 saturated carbocycles. The first-order chi connectivity index (χ1) is 17.7. The normalized spacial score (nSPS) is 17.2. The number of nitrogens with one attached hydrogen (secondary N) is 1. The molecule has 1 N–H and O–H groups in total. The number of alkyl halides is 3. The maximum absolute atomic E-state index is 13.3. The lowest BCUT2D eigenvalue weighted by molar-refractivity contribution is -0.137. The van der Waals surface area contributed by atoms with Gasteiger partial charge in [-0.25, -0.2) is 0 Å². The van der Waals surface area contributed by atoms with Gasteiger partial charge in [-0.1, -0.05) is 42.5 Å². The second-order valence-corrected chi connectivity index (χ2v) is 9.29. The van der Waals surface area contributed by atoms with Gasteiger partial charge < -0.3 is 4.90 Å². The zero-order valence-corrected chi connectivity index (χ0v) is 20.4. The van der Waals surface area contributed by atoms with Crippen LogP contribution in [0.4, 0.5) is 24.5 Å². The fourth-order valence-corrected chi connectivity index (χ4v) is 4.91. The molecule has 1 fully saturated rings. The summed E-state index contributed by atoms with van der Waals surface area (Å²) < 4.78 is 39.7. The highest BCUT2D eigenvalue weighted by atomic mass is 32.1. The number of hydrogen-bond acceptors (Lipinski definition) is 4. The molecule has 0 aliphatic carbocycles. The molecular formula is C28H22F3N3O2S. The van der Waals surface area contributed by atoms with Crippen molar-refractivity contribution in [2.75, 3.05) is 16.3 Å². The summed E-state index contributed by atoms with van der Waals surface area (Å²) in [7, 11) is 0. The SMILES string of the molecule is O=C1NC(=S)N(c2cccc(C(F)(F)F)c2)C(=O)C1=Cc1ccc2c(c1)CCCN2Cc1ccccc1. The summed E-state index contributed by atoms with van der Waals surface area (Å²) in [6, 6.07) is 20.2. The number of carbonyl (C=O) groups excluding carboxylic acids is 2. The molecule has 1 saturated heterocycles. The molecule has 188 valence electrons. The number of aryl methyl sites for hydroxylation is 1. The van der Waals surface area contributed by atoms with Gasteiger partial charge in [-0.05, 0) is 78.2 Å². The molecule has 2 amide bonds. The third-order valence-electron chi connectivity index (χ3n) is 6.38. The first-order valence-electron chi connectivity index (χ1n) is 11.7. The Morgan fingerprint density at radius 1 is 0.973 bits per heavy atom. The fourth-order valence-electron chi connectivity index (χ4n) is 4.63. The van der Waals surface area contributed by atoms with Gasteiger partial charge in [-0.3, -0.25) is 19.8 Å². The van der Waals surface area contributed by atoms with Crippen LogP contribution in [0.1, 0.15) is 28.7 Å². The van der Waals surface area contributed by atoms with Crippen LogP contribution < -0.4 is 15.1 Å². The Balaban J connectivity index is 1.44. The van der Waals surface area contributed by atoms with E-state index in [1.54, 1.807) is 0 Å². The molecule has 0 atom stereocenters. The number of halogens is 3. The number of hydrogen-bond donors (Lipinski definition) is 1. The lowest BCUT2D eigenvalue weighted by atomic mass is 9.97. The molecule has 37 heavy (non-hydrogen) atoms. The standard InChI is InChI=1S/C28H22F3N3O2S/c29-28(30,31)21-9-4-10-22(16-21)34-26(36)23(25(35)32-27(34)37)15-19-11-12-24-20(14-19)8-5-13-33(24)17-18-6-2-1-3-7-18/h1-4,6-7,9-12,14-16H,5,8,13,17H2,(H,32,35,37). The molecule has 3 aromatic carbocycles. The van der Waals surface area contributed by atoms with E-state index in [-0.39, 0.29) is 16.4 Å². The highest BCUT2D eigenvalue weighted by Gasteiger charge is 2.36. The van der Waals surface area contributed by atoms with E-state index in [1.165, 1.54) is 23.8 Å². The molecule has 0 unspecified atom stereocenters. The first kappa shape index (κ1) is 24.7. The Morgan fingerprint density at radius 3 is 2.51 bits per heavy atom. The molecule has 5 rings (SSSR count). The fraction of sp³-hybridized carbons (Fsp3) is 0.179. The van der Waals surface area contributed by atoms with Gasteiger partial charge in [0.25, 0.3) is 11.8 Å². The van der Waals surface area contributed by atoms with Crippen molar-refractivity contribution in [2.24, 2.45) is 0 Å². The summed E-state index contributed by atoms with van der Waals surface area (Å²) in [5, 5.41) is 2.15. The van der Waals surface area contributed by atoms with Crippen molar-refractivity contribution in [1.29, 1.82) is 0 Å². The number of thiocarbonyl (C=S) groups is 1. The monoisotopic (exact) mass is 521 g/mol. The van der Waals surface area contributed by atoms with Gasteiger partial charge in [-0.2, -0.15) is 13.2 Å². The predicted molar refractivity (Wildman–Crippen MR) is 140 cm³/mol. The Morgan fingerprint density at radius 2 is 1.76 bits per heavy atom. The van der Waals surface area contributed by atoms with E-state index in [0.717, 1.165) is 54.2 Å². The van der Waals surface area contributed by atoms with E-state index in [2.05, 4.69) is 22.3 Å². The number of nitrogens with zero attached hydrogens (tertiary/aromatic N) is 2. The van der Waals surface area contributed by atoms with Crippen LogP contribution in [0.2, 0.25) is 0 Å². The summed E-state index contributed by atoms with van der Waals surface area (Å²) in [6.07, 6.45) is -1.30. The maximum Gasteiger partial charge on any atom is 0.416 e. The van der Waals surface area contributed by atoms with Crippen LogP contribution in [0.3, 0.4) is 0 Å². The van der Waals surface area contributed by atoms with Crippen molar-refractivity contribution in [1.82, 2.24) is 5.32 Å². The molecule has 0 spiro atoms. The molecule has 9 heteroatoms. The van der Waals surface area contributed by atoms with Crippen LogP contribution in [0.5, 0.6) is 0 Å². The molecule has 3 aromatic rings. The smallest absolute Gasteiger partial charge is 0.367 e. The lowest BCUT2D eigenvalue weighted by Gasteiger charge is -2.32. The van der Waals surface area contributed by atoms with E-state index in [0.29, 0.717) is 5.56 Å². The second kappa shape index (κ2) is 9.82. The first-order valence-corrected chi connectivity index (χ1v) is 12.1. The topological polar surface area (TPSA) is 52.7 Å². The second-order valence-electron chi connectivity index (χ2n) is 8.90. The van der Waals surface area contributed by atoms with Gasteiger partial charge in [0.15, 0.2) is 5.11 Å². The zero-order valence-electron chi connectivity index (χ0n) is 19.6. The molecule has 5 nitrogen and oxygen atoms in total. The van der Waals surface area contributed by atoms with Crippen molar-refractivity contribution in [3.8, 4) is 0 Å². The van der Waals surface area contributed by atoms with E-state index in [1.807, 2.05) is 36.4 Å². The van der Waals surface area contributed by atoms with E-state index in [4.69, 9.17) is 12.2 Å². The van der Waals surface area contributed by atoms with Gasteiger partial charge in [0.1, 0.15) is 5.57 Å². The van der Waals surface area contributed by atoms with Gasteiger partial charge in [-0.15, -0.1) is 0 Å². The summed E-state index contributed by atoms with van der Waals surface area (Å²) in [5.74, 6) is -1.47. The van der Waals surface area contributed by atoms with Gasteiger partial charge in [0.05, 0.1) is 11.3 Å². The molecule has 2 aliphatic rings. The molecule has 0 aromatic heterocycles. The van der Waals surface area contributed by atoms with Crippen molar-refractivity contribution in [3.05, 3.63) is 101 Å². The van der Waals surface area contributed by atoms with Gasteiger partial charge in [0, 0.05) is 18.8 Å². The van der Waals surface area contributed by atoms with Crippen LogP contribution in [-0.2, 0) is 28.7 Å². The molecular weight excluding hydrogens is 499 g/mol. The predicted octanol–water partition coefficient (Wildman–Crippen LogP) is 5.49. The van der Waals surface area contributed by atoms with Crippen LogP contribution in [0.15, 0.2) is 78.4 Å². The van der Waals surface area contributed by atoms with Crippen molar-refractivity contribution in [2.45, 2.75) is 25.6 Å². The molecule has 2 heterocycles. The van der Waals surface area contributed by atoms with Crippen LogP contribution in [-0.4, -0.2) is 23.5 Å². The Hall–Kier alpha value is -3.98. The van der Waals surface area contributed by atoms with E-state index in [9.17, 15) is 22.8 Å². The Kier molecular flexibility index (Phi) is 6.55. The number of carbonyl (C=O) groups is 2. The summed E-state index contributed by atoms with van der Waals surface area (Å²) in [4.78, 5) is 29.2. The Bertz CT molecular complexity index is 1420. The lowest BCUT2D eigenvalue weighted by Crippen LogP contribution is -2.54. The molecule has 0 radical (unpaired) electrons. The largest absolute Gasteiger partial charge is 0.416 e. The Labute approximate surface area is 217 Å². The average molecular weight is 522 g/mol. The molecule has 2 aliphatic heterocycles. The maximum atomic E-state index is 13.3. The summed E-state index contributed by atoms with van der Waals surface area (Å²) in [6.45, 7) is 1.70. The van der Waals surface area contributed by atoms with Crippen molar-refractivity contribution in [3.63, 3.8) is 0 Å². The van der Waals surface area contributed by atoms with Crippen molar-refractivity contribution >= 4 is 46.6 Å². The van der Waals surface area contributed by atoms with E-state index >= 15 is 0 Å².